The molecule has 0 spiro atoms. The summed E-state index contributed by atoms with van der Waals surface area (Å²) in [7, 11) is 0. The fourth-order valence-corrected chi connectivity index (χ4v) is 3.28. The highest BCUT2D eigenvalue weighted by atomic mass is 16.3. The molecule has 112 valence electrons. The van der Waals surface area contributed by atoms with Gasteiger partial charge in [-0.15, -0.1) is 0 Å². The molecule has 1 fully saturated rings. The van der Waals surface area contributed by atoms with Gasteiger partial charge in [-0.05, 0) is 30.9 Å². The van der Waals surface area contributed by atoms with Gasteiger partial charge in [-0.2, -0.15) is 0 Å². The summed E-state index contributed by atoms with van der Waals surface area (Å²) in [5, 5.41) is 9.44. The van der Waals surface area contributed by atoms with E-state index < -0.39 is 0 Å². The van der Waals surface area contributed by atoms with E-state index in [0.717, 1.165) is 6.42 Å². The van der Waals surface area contributed by atoms with E-state index in [1.165, 1.54) is 43.4 Å². The molecule has 1 aliphatic rings. The molecule has 3 N–H and O–H groups in total. The van der Waals surface area contributed by atoms with Crippen LogP contribution in [0.25, 0.3) is 0 Å². The average molecular weight is 276 g/mol. The Kier molecular flexibility index (Phi) is 5.86. The molecule has 0 aromatic heterocycles. The van der Waals surface area contributed by atoms with Crippen LogP contribution in [0, 0.1) is 0 Å². The molecule has 1 atom stereocenters. The van der Waals surface area contributed by atoms with E-state index in [-0.39, 0.29) is 12.6 Å². The Bertz CT molecular complexity index is 402. The van der Waals surface area contributed by atoms with E-state index in [1.807, 2.05) is 0 Å². The third-order valence-electron chi connectivity index (χ3n) is 4.44. The van der Waals surface area contributed by atoms with Gasteiger partial charge in [0.05, 0.1) is 6.61 Å². The lowest BCUT2D eigenvalue weighted by molar-refractivity contribution is 0.289. The molecule has 3 heteroatoms. The predicted molar refractivity (Wildman–Crippen MR) is 85.0 cm³/mol. The zero-order valence-corrected chi connectivity index (χ0v) is 12.6. The summed E-state index contributed by atoms with van der Waals surface area (Å²) in [6.07, 6.45) is 7.35. The minimum absolute atomic E-state index is 0.0796. The second-order valence-electron chi connectivity index (χ2n) is 5.78. The second kappa shape index (κ2) is 7.65. The summed E-state index contributed by atoms with van der Waals surface area (Å²) in [6.45, 7) is 3.03. The van der Waals surface area contributed by atoms with Crippen molar-refractivity contribution in [3.63, 3.8) is 0 Å². The molecule has 1 aromatic carbocycles. The highest BCUT2D eigenvalue weighted by Gasteiger charge is 2.23. The summed E-state index contributed by atoms with van der Waals surface area (Å²) in [6, 6.07) is 9.07. The van der Waals surface area contributed by atoms with Crippen LogP contribution in [-0.2, 0) is 0 Å². The van der Waals surface area contributed by atoms with Crippen LogP contribution in [-0.4, -0.2) is 24.3 Å². The lowest BCUT2D eigenvalue weighted by Gasteiger charge is -2.37. The highest BCUT2D eigenvalue weighted by molar-refractivity contribution is 5.56. The summed E-state index contributed by atoms with van der Waals surface area (Å²) < 4.78 is 0. The van der Waals surface area contributed by atoms with Gasteiger partial charge in [-0.3, -0.25) is 0 Å². The topological polar surface area (TPSA) is 49.5 Å². The summed E-state index contributed by atoms with van der Waals surface area (Å²) >= 11 is 0. The van der Waals surface area contributed by atoms with Crippen molar-refractivity contribution in [2.75, 3.05) is 18.1 Å². The fraction of sp³-hybridized carbons (Fsp3) is 0.647. The number of nitrogens with zero attached hydrogens (tertiary/aromatic N) is 1. The largest absolute Gasteiger partial charge is 0.395 e. The molecule has 0 saturated heterocycles. The number of rotatable bonds is 6. The first kappa shape index (κ1) is 15.3. The van der Waals surface area contributed by atoms with Gasteiger partial charge in [0.15, 0.2) is 0 Å². The Morgan fingerprint density at radius 3 is 2.60 bits per heavy atom. The smallest absolute Gasteiger partial charge is 0.0606 e. The maximum atomic E-state index is 9.44. The number of aliphatic hydroxyl groups excluding tert-OH is 1. The number of anilines is 1. The number of hydrogen-bond donors (Lipinski definition) is 2. The molecular weight excluding hydrogens is 248 g/mol. The van der Waals surface area contributed by atoms with Crippen LogP contribution in [0.1, 0.15) is 57.1 Å². The van der Waals surface area contributed by atoms with Crippen LogP contribution in [0.3, 0.4) is 0 Å². The Morgan fingerprint density at radius 2 is 1.95 bits per heavy atom. The van der Waals surface area contributed by atoms with E-state index in [4.69, 9.17) is 5.73 Å². The molecule has 1 aromatic rings. The molecule has 0 amide bonds. The molecule has 2 rings (SSSR count). The van der Waals surface area contributed by atoms with Crippen LogP contribution >= 0.6 is 0 Å². The van der Waals surface area contributed by atoms with Crippen molar-refractivity contribution in [1.82, 2.24) is 0 Å². The normalized spacial score (nSPS) is 17.9. The van der Waals surface area contributed by atoms with E-state index in [0.29, 0.717) is 12.6 Å². The molecule has 3 nitrogen and oxygen atoms in total. The minimum Gasteiger partial charge on any atom is -0.395 e. The molecular formula is C17H28N2O. The van der Waals surface area contributed by atoms with Gasteiger partial charge in [0, 0.05) is 24.3 Å². The third kappa shape index (κ3) is 3.53. The van der Waals surface area contributed by atoms with Crippen molar-refractivity contribution in [3.05, 3.63) is 29.8 Å². The van der Waals surface area contributed by atoms with Gasteiger partial charge in [0.25, 0.3) is 0 Å². The number of nitrogens with two attached hydrogens (primary N) is 1. The number of para-hydroxylation sites is 1. The van der Waals surface area contributed by atoms with E-state index in [1.54, 1.807) is 0 Å². The molecule has 1 unspecified atom stereocenters. The minimum atomic E-state index is 0.0796. The standard InChI is InChI=1S/C17H28N2O/c1-2-16(18)15-10-6-7-11-17(15)19(12-13-20)14-8-4-3-5-9-14/h6-7,10-11,14,16,20H,2-5,8-9,12-13,18H2,1H3. The summed E-state index contributed by atoms with van der Waals surface area (Å²) in [5.41, 5.74) is 8.71. The molecule has 0 bridgehead atoms. The molecule has 0 heterocycles. The van der Waals surface area contributed by atoms with Crippen LogP contribution in [0.5, 0.6) is 0 Å². The quantitative estimate of drug-likeness (QED) is 0.838. The Morgan fingerprint density at radius 1 is 1.25 bits per heavy atom. The molecule has 0 radical (unpaired) electrons. The monoisotopic (exact) mass is 276 g/mol. The van der Waals surface area contributed by atoms with Crippen molar-refractivity contribution in [3.8, 4) is 0 Å². The van der Waals surface area contributed by atoms with Crippen molar-refractivity contribution < 1.29 is 5.11 Å². The second-order valence-corrected chi connectivity index (χ2v) is 5.78. The van der Waals surface area contributed by atoms with Crippen molar-refractivity contribution in [1.29, 1.82) is 0 Å². The van der Waals surface area contributed by atoms with E-state index in [2.05, 4.69) is 36.1 Å². The fourth-order valence-electron chi connectivity index (χ4n) is 3.28. The number of aliphatic hydroxyl groups is 1. The van der Waals surface area contributed by atoms with Crippen LogP contribution in [0.4, 0.5) is 5.69 Å². The number of hydrogen-bond acceptors (Lipinski definition) is 3. The molecule has 20 heavy (non-hydrogen) atoms. The molecule has 1 aliphatic carbocycles. The first-order chi connectivity index (χ1) is 9.77. The molecule has 0 aliphatic heterocycles. The van der Waals surface area contributed by atoms with Gasteiger partial charge in [-0.25, -0.2) is 0 Å². The molecule has 1 saturated carbocycles. The number of benzene rings is 1. The van der Waals surface area contributed by atoms with Crippen LogP contribution in [0.15, 0.2) is 24.3 Å². The van der Waals surface area contributed by atoms with Gasteiger partial charge in [-0.1, -0.05) is 44.4 Å². The van der Waals surface area contributed by atoms with Crippen molar-refractivity contribution in [2.45, 2.75) is 57.5 Å². The third-order valence-corrected chi connectivity index (χ3v) is 4.44. The predicted octanol–water partition coefficient (Wildman–Crippen LogP) is 3.23. The maximum absolute atomic E-state index is 9.44. The lowest BCUT2D eigenvalue weighted by atomic mass is 9.92. The SMILES string of the molecule is CCC(N)c1ccccc1N(CCO)C1CCCCC1. The Hall–Kier alpha value is -1.06. The van der Waals surface area contributed by atoms with E-state index >= 15 is 0 Å². The van der Waals surface area contributed by atoms with Gasteiger partial charge >= 0.3 is 0 Å². The van der Waals surface area contributed by atoms with Gasteiger partial charge in [0.1, 0.15) is 0 Å². The van der Waals surface area contributed by atoms with Gasteiger partial charge < -0.3 is 15.7 Å². The van der Waals surface area contributed by atoms with Crippen LogP contribution < -0.4 is 10.6 Å². The van der Waals surface area contributed by atoms with E-state index in [9.17, 15) is 5.11 Å². The van der Waals surface area contributed by atoms with Gasteiger partial charge in [0.2, 0.25) is 0 Å². The van der Waals surface area contributed by atoms with Crippen molar-refractivity contribution >= 4 is 5.69 Å². The lowest BCUT2D eigenvalue weighted by Crippen LogP contribution is -2.39. The summed E-state index contributed by atoms with van der Waals surface area (Å²) in [5.74, 6) is 0. The first-order valence-electron chi connectivity index (χ1n) is 8.00. The highest BCUT2D eigenvalue weighted by Crippen LogP contribution is 2.32. The Balaban J connectivity index is 2.28. The van der Waals surface area contributed by atoms with Crippen molar-refractivity contribution in [2.24, 2.45) is 5.73 Å². The van der Waals surface area contributed by atoms with Crippen LogP contribution in [0.2, 0.25) is 0 Å². The zero-order valence-electron chi connectivity index (χ0n) is 12.6. The summed E-state index contributed by atoms with van der Waals surface area (Å²) in [4.78, 5) is 2.39. The maximum Gasteiger partial charge on any atom is 0.0606 e. The Labute approximate surface area is 122 Å². The first-order valence-corrected chi connectivity index (χ1v) is 8.00. The average Bonchev–Trinajstić information content (AvgIpc) is 2.53. The zero-order chi connectivity index (χ0) is 14.4.